The summed E-state index contributed by atoms with van der Waals surface area (Å²) in [7, 11) is 0. The van der Waals surface area contributed by atoms with Crippen molar-refractivity contribution in [3.05, 3.63) is 0 Å². The molecule has 0 aromatic rings. The molecule has 1 unspecified atom stereocenters. The van der Waals surface area contributed by atoms with E-state index >= 15 is 0 Å². The molecule has 7 heteroatoms. The molecule has 1 atom stereocenters. The first kappa shape index (κ1) is 23.2. The van der Waals surface area contributed by atoms with Crippen molar-refractivity contribution in [2.45, 2.75) is 97.7 Å². The summed E-state index contributed by atoms with van der Waals surface area (Å²) in [6.45, 7) is 10.6. The van der Waals surface area contributed by atoms with E-state index in [4.69, 9.17) is 14.3 Å². The number of ketones is 1. The van der Waals surface area contributed by atoms with Crippen molar-refractivity contribution >= 4 is 18.0 Å². The van der Waals surface area contributed by atoms with Gasteiger partial charge in [-0.05, 0) is 67.2 Å². The standard InChI is InChI=1S/C20H35NO6/c1-19(2,3)25-17(23)21(27-18(24)26-20(4,5)6)14-10-9-12-15-11-7-8-13-16(15)22/h15H,7-14H2,1-6H3. The maximum Gasteiger partial charge on any atom is 0.534 e. The van der Waals surface area contributed by atoms with Crippen molar-refractivity contribution < 1.29 is 28.7 Å². The number of carbonyl (C=O) groups excluding carboxylic acids is 3. The molecule has 27 heavy (non-hydrogen) atoms. The van der Waals surface area contributed by atoms with E-state index in [0.717, 1.165) is 37.2 Å². The third kappa shape index (κ3) is 10.2. The van der Waals surface area contributed by atoms with Gasteiger partial charge >= 0.3 is 12.2 Å². The number of Topliss-reactive ketones (excluding diaryl/α,β-unsaturated/α-hetero) is 1. The molecule has 156 valence electrons. The van der Waals surface area contributed by atoms with Gasteiger partial charge in [0.1, 0.15) is 17.0 Å². The quantitative estimate of drug-likeness (QED) is 0.375. The van der Waals surface area contributed by atoms with Gasteiger partial charge in [-0.2, -0.15) is 0 Å². The highest BCUT2D eigenvalue weighted by atomic mass is 16.8. The molecule has 0 aliphatic heterocycles. The van der Waals surface area contributed by atoms with Crippen LogP contribution in [0, 0.1) is 5.92 Å². The van der Waals surface area contributed by atoms with Gasteiger partial charge in [0, 0.05) is 12.3 Å². The summed E-state index contributed by atoms with van der Waals surface area (Å²) < 4.78 is 10.4. The van der Waals surface area contributed by atoms with Crippen LogP contribution in [0.1, 0.15) is 86.5 Å². The van der Waals surface area contributed by atoms with Crippen LogP contribution in [0.4, 0.5) is 9.59 Å². The minimum Gasteiger partial charge on any atom is -0.442 e. The highest BCUT2D eigenvalue weighted by Crippen LogP contribution is 2.25. The molecule has 1 rings (SSSR count). The average Bonchev–Trinajstić information content (AvgIpc) is 2.48. The van der Waals surface area contributed by atoms with Crippen LogP contribution < -0.4 is 0 Å². The number of amides is 1. The SMILES string of the molecule is CC(C)(C)OC(=O)ON(CCCCC1CCCCC1=O)C(=O)OC(C)(C)C. The lowest BCUT2D eigenvalue weighted by Crippen LogP contribution is -2.40. The number of hydrogen-bond acceptors (Lipinski definition) is 6. The Hall–Kier alpha value is -1.79. The Labute approximate surface area is 162 Å². The van der Waals surface area contributed by atoms with Crippen molar-refractivity contribution in [3.8, 4) is 0 Å². The van der Waals surface area contributed by atoms with E-state index in [9.17, 15) is 14.4 Å². The molecular formula is C20H35NO6. The molecule has 1 fully saturated rings. The fourth-order valence-electron chi connectivity index (χ4n) is 2.85. The van der Waals surface area contributed by atoms with Gasteiger partial charge in [0.2, 0.25) is 0 Å². The summed E-state index contributed by atoms with van der Waals surface area (Å²) in [6, 6.07) is 0. The summed E-state index contributed by atoms with van der Waals surface area (Å²) in [4.78, 5) is 41.2. The predicted octanol–water partition coefficient (Wildman–Crippen LogP) is 5.02. The second-order valence-corrected chi connectivity index (χ2v) is 9.04. The Morgan fingerprint density at radius 3 is 2.19 bits per heavy atom. The monoisotopic (exact) mass is 385 g/mol. The van der Waals surface area contributed by atoms with Gasteiger partial charge in [-0.25, -0.2) is 9.59 Å². The third-order valence-electron chi connectivity index (χ3n) is 4.02. The summed E-state index contributed by atoms with van der Waals surface area (Å²) in [5, 5.41) is 0.905. The fraction of sp³-hybridized carbons (Fsp3) is 0.850. The molecule has 0 aromatic heterocycles. The maximum absolute atomic E-state index is 12.3. The van der Waals surface area contributed by atoms with E-state index < -0.39 is 23.5 Å². The van der Waals surface area contributed by atoms with Crippen LogP contribution in [0.15, 0.2) is 0 Å². The molecule has 0 heterocycles. The Balaban J connectivity index is 2.55. The highest BCUT2D eigenvalue weighted by Gasteiger charge is 2.28. The lowest BCUT2D eigenvalue weighted by atomic mass is 9.84. The summed E-state index contributed by atoms with van der Waals surface area (Å²) in [5.41, 5.74) is -1.43. The smallest absolute Gasteiger partial charge is 0.442 e. The van der Waals surface area contributed by atoms with Crippen LogP contribution in [0.25, 0.3) is 0 Å². The van der Waals surface area contributed by atoms with Crippen LogP contribution in [0.2, 0.25) is 0 Å². The van der Waals surface area contributed by atoms with Gasteiger partial charge in [-0.3, -0.25) is 4.79 Å². The van der Waals surface area contributed by atoms with E-state index in [2.05, 4.69) is 0 Å². The zero-order chi connectivity index (χ0) is 20.7. The number of hydroxylamine groups is 2. The van der Waals surface area contributed by atoms with Gasteiger partial charge in [0.15, 0.2) is 0 Å². The Bertz CT molecular complexity index is 518. The molecule has 0 N–H and O–H groups in total. The second kappa shape index (κ2) is 9.95. The van der Waals surface area contributed by atoms with E-state index in [1.54, 1.807) is 41.5 Å². The second-order valence-electron chi connectivity index (χ2n) is 9.04. The van der Waals surface area contributed by atoms with Gasteiger partial charge in [0.25, 0.3) is 0 Å². The molecule has 1 amide bonds. The third-order valence-corrected chi connectivity index (χ3v) is 4.02. The van der Waals surface area contributed by atoms with Gasteiger partial charge in [-0.15, -0.1) is 5.06 Å². The molecular weight excluding hydrogens is 350 g/mol. The molecule has 7 nitrogen and oxygen atoms in total. The maximum atomic E-state index is 12.3. The molecule has 0 spiro atoms. The zero-order valence-electron chi connectivity index (χ0n) is 17.6. The van der Waals surface area contributed by atoms with E-state index in [1.807, 2.05) is 0 Å². The Morgan fingerprint density at radius 2 is 1.63 bits per heavy atom. The molecule has 0 aromatic carbocycles. The minimum absolute atomic E-state index is 0.125. The minimum atomic E-state index is -0.948. The van der Waals surface area contributed by atoms with Crippen LogP contribution in [-0.2, 0) is 19.1 Å². The van der Waals surface area contributed by atoms with Crippen LogP contribution in [0.3, 0.4) is 0 Å². The fourth-order valence-corrected chi connectivity index (χ4v) is 2.85. The largest absolute Gasteiger partial charge is 0.534 e. The number of ether oxygens (including phenoxy) is 2. The Morgan fingerprint density at radius 1 is 1.00 bits per heavy atom. The van der Waals surface area contributed by atoms with Crippen LogP contribution >= 0.6 is 0 Å². The topological polar surface area (TPSA) is 82.1 Å². The predicted molar refractivity (Wildman–Crippen MR) is 101 cm³/mol. The molecule has 1 saturated carbocycles. The molecule has 1 aliphatic carbocycles. The van der Waals surface area contributed by atoms with Gasteiger partial charge in [0.05, 0.1) is 6.54 Å². The van der Waals surface area contributed by atoms with E-state index in [1.165, 1.54) is 0 Å². The van der Waals surface area contributed by atoms with E-state index in [-0.39, 0.29) is 12.5 Å². The molecule has 1 aliphatic rings. The van der Waals surface area contributed by atoms with Crippen molar-refractivity contribution in [1.82, 2.24) is 5.06 Å². The highest BCUT2D eigenvalue weighted by molar-refractivity contribution is 5.81. The van der Waals surface area contributed by atoms with Gasteiger partial charge in [-0.1, -0.05) is 12.8 Å². The lowest BCUT2D eigenvalue weighted by Gasteiger charge is -2.27. The number of carbonyl (C=O) groups is 3. The first-order valence-electron chi connectivity index (χ1n) is 9.81. The molecule has 0 bridgehead atoms. The van der Waals surface area contributed by atoms with Crippen molar-refractivity contribution in [2.75, 3.05) is 6.54 Å². The number of rotatable bonds is 5. The van der Waals surface area contributed by atoms with Crippen LogP contribution in [-0.4, -0.2) is 40.8 Å². The summed E-state index contributed by atoms with van der Waals surface area (Å²) >= 11 is 0. The normalized spacial score (nSPS) is 18.0. The zero-order valence-corrected chi connectivity index (χ0v) is 17.6. The lowest BCUT2D eigenvalue weighted by molar-refractivity contribution is -0.136. The van der Waals surface area contributed by atoms with Crippen molar-refractivity contribution in [3.63, 3.8) is 0 Å². The number of hydrogen-bond donors (Lipinski definition) is 0. The van der Waals surface area contributed by atoms with Crippen molar-refractivity contribution in [2.24, 2.45) is 5.92 Å². The molecule has 0 saturated heterocycles. The van der Waals surface area contributed by atoms with Crippen molar-refractivity contribution in [1.29, 1.82) is 0 Å². The summed E-state index contributed by atoms with van der Waals surface area (Å²) in [6.07, 6.45) is 4.21. The number of nitrogens with zero attached hydrogens (tertiary/aromatic N) is 1. The summed E-state index contributed by atoms with van der Waals surface area (Å²) in [5.74, 6) is 0.468. The Kier molecular flexibility index (Phi) is 8.57. The number of unbranched alkanes of at least 4 members (excludes halogenated alkanes) is 1. The van der Waals surface area contributed by atoms with Gasteiger partial charge < -0.3 is 14.3 Å². The average molecular weight is 386 g/mol. The first-order chi connectivity index (χ1) is 12.4. The van der Waals surface area contributed by atoms with E-state index in [0.29, 0.717) is 18.6 Å². The van der Waals surface area contributed by atoms with Crippen LogP contribution in [0.5, 0.6) is 0 Å². The first-order valence-corrected chi connectivity index (χ1v) is 9.81. The molecule has 0 radical (unpaired) electrons.